The van der Waals surface area contributed by atoms with Gasteiger partial charge in [-0.05, 0) is 88.8 Å². The van der Waals surface area contributed by atoms with Gasteiger partial charge >= 0.3 is 0 Å². The Kier molecular flexibility index (Phi) is 7.05. The normalized spacial score (nSPS) is 14.0. The molecule has 57 heavy (non-hydrogen) atoms. The molecule has 8 aromatic carbocycles. The minimum Gasteiger partial charge on any atom is -0.456 e. The summed E-state index contributed by atoms with van der Waals surface area (Å²) in [5.74, 6) is 0.221. The van der Waals surface area contributed by atoms with Crippen molar-refractivity contribution >= 4 is 66.8 Å². The van der Waals surface area contributed by atoms with Gasteiger partial charge in [-0.2, -0.15) is 0 Å². The summed E-state index contributed by atoms with van der Waals surface area (Å²) < 4.78 is 11.2. The Hall–Kier alpha value is -7.36. The summed E-state index contributed by atoms with van der Waals surface area (Å²) >= 11 is 0. The van der Waals surface area contributed by atoms with Crippen LogP contribution in [0, 0.1) is 0 Å². The molecule has 3 heteroatoms. The first-order chi connectivity index (χ1) is 28.3. The molecule has 0 amide bonds. The van der Waals surface area contributed by atoms with Crippen molar-refractivity contribution in [2.45, 2.75) is 12.3 Å². The van der Waals surface area contributed by atoms with E-state index < -0.39 is 0 Å². The Morgan fingerprint density at radius 3 is 1.96 bits per heavy atom. The van der Waals surface area contributed by atoms with Crippen LogP contribution in [0.1, 0.15) is 17.9 Å². The van der Waals surface area contributed by atoms with Crippen molar-refractivity contribution in [1.29, 1.82) is 0 Å². The predicted octanol–water partition coefficient (Wildman–Crippen LogP) is 12.7. The fourth-order valence-corrected chi connectivity index (χ4v) is 9.49. The summed E-state index contributed by atoms with van der Waals surface area (Å²) in [4.78, 5) is 0. The van der Waals surface area contributed by atoms with E-state index in [4.69, 9.17) is 4.42 Å². The molecule has 0 bridgehead atoms. The third-order valence-electron chi connectivity index (χ3n) is 12.1. The first kappa shape index (κ1) is 31.9. The van der Waals surface area contributed by atoms with E-state index in [9.17, 15) is 0 Å². The Labute approximate surface area is 329 Å². The van der Waals surface area contributed by atoms with Gasteiger partial charge in [0.15, 0.2) is 0 Å². The van der Waals surface area contributed by atoms with Crippen LogP contribution in [-0.4, -0.2) is 9.13 Å². The number of hydrogen-bond acceptors (Lipinski definition) is 1. The second-order valence-electron chi connectivity index (χ2n) is 15.2. The van der Waals surface area contributed by atoms with E-state index in [-0.39, 0.29) is 5.92 Å². The second-order valence-corrected chi connectivity index (χ2v) is 15.2. The maximum absolute atomic E-state index is 6.34. The molecule has 268 valence electrons. The first-order valence-electron chi connectivity index (χ1n) is 19.8. The van der Waals surface area contributed by atoms with E-state index in [0.717, 1.165) is 39.7 Å². The zero-order chi connectivity index (χ0) is 37.5. The summed E-state index contributed by atoms with van der Waals surface area (Å²) in [5.41, 5.74) is 14.0. The number of nitrogens with zero attached hydrogens (tertiary/aromatic N) is 2. The molecule has 1 aliphatic carbocycles. The minimum atomic E-state index is 0.221. The number of para-hydroxylation sites is 2. The molecule has 3 heterocycles. The maximum atomic E-state index is 6.34. The summed E-state index contributed by atoms with van der Waals surface area (Å²) in [6, 6.07) is 68.0. The third-order valence-corrected chi connectivity index (χ3v) is 12.1. The Bertz CT molecular complexity index is 3480. The smallest absolute Gasteiger partial charge is 0.137 e. The molecule has 0 saturated heterocycles. The molecule has 1 unspecified atom stereocenters. The first-order valence-corrected chi connectivity index (χ1v) is 19.8. The highest BCUT2D eigenvalue weighted by atomic mass is 16.3. The van der Waals surface area contributed by atoms with E-state index >= 15 is 0 Å². The second kappa shape index (κ2) is 12.6. The lowest BCUT2D eigenvalue weighted by molar-refractivity contribution is 0.669. The SMILES string of the molecule is C1=c2c(n(-c3cccc4oc5ccccc5c34)c3ccccc23)=CCC1c1ccc2c(c1)c1c(-c3ccccc3)cccc1n2-c1ccc(-c2ccccc2)cc1. The van der Waals surface area contributed by atoms with E-state index in [1.54, 1.807) is 0 Å². The molecule has 1 aliphatic rings. The molecular formula is C54H36N2O. The van der Waals surface area contributed by atoms with Crippen LogP contribution in [0.4, 0.5) is 0 Å². The van der Waals surface area contributed by atoms with Gasteiger partial charge in [0, 0.05) is 43.7 Å². The van der Waals surface area contributed by atoms with Crippen molar-refractivity contribution < 1.29 is 4.42 Å². The van der Waals surface area contributed by atoms with E-state index in [1.807, 2.05) is 6.07 Å². The molecule has 11 aromatic rings. The molecule has 0 aliphatic heterocycles. The highest BCUT2D eigenvalue weighted by molar-refractivity contribution is 6.16. The van der Waals surface area contributed by atoms with Gasteiger partial charge in [0.05, 0.1) is 27.6 Å². The molecule has 3 aromatic heterocycles. The van der Waals surface area contributed by atoms with Crippen LogP contribution < -0.4 is 10.6 Å². The molecule has 0 saturated carbocycles. The molecule has 1 atom stereocenters. The number of benzene rings is 8. The summed E-state index contributed by atoms with van der Waals surface area (Å²) in [7, 11) is 0. The monoisotopic (exact) mass is 728 g/mol. The average Bonchev–Trinajstić information content (AvgIpc) is 3.94. The Morgan fingerprint density at radius 2 is 1.12 bits per heavy atom. The predicted molar refractivity (Wildman–Crippen MR) is 238 cm³/mol. The van der Waals surface area contributed by atoms with Gasteiger partial charge in [0.2, 0.25) is 0 Å². The molecule has 0 radical (unpaired) electrons. The molecule has 0 N–H and O–H groups in total. The zero-order valence-corrected chi connectivity index (χ0v) is 31.1. The van der Waals surface area contributed by atoms with Gasteiger partial charge in [-0.3, -0.25) is 0 Å². The fourth-order valence-electron chi connectivity index (χ4n) is 9.49. The molecule has 0 spiro atoms. The van der Waals surface area contributed by atoms with E-state index in [0.29, 0.717) is 0 Å². The number of furan rings is 1. The summed E-state index contributed by atoms with van der Waals surface area (Å²) in [6.07, 6.45) is 5.88. The topological polar surface area (TPSA) is 23.0 Å². The quantitative estimate of drug-likeness (QED) is 0.173. The van der Waals surface area contributed by atoms with Crippen molar-refractivity contribution in [1.82, 2.24) is 9.13 Å². The van der Waals surface area contributed by atoms with Gasteiger partial charge in [0.1, 0.15) is 11.2 Å². The van der Waals surface area contributed by atoms with Gasteiger partial charge in [-0.1, -0.05) is 146 Å². The number of fused-ring (bicyclic) bond motifs is 9. The standard InChI is InChI=1S/C54H36N2O/c1-3-13-35(14-4-1)36-25-29-40(30-26-36)55-48-32-28-39(34-45(48)53-41(19-11-21-49(53)55)37-15-5-2-6-16-37)38-27-31-47-44(33-38)42-17-7-9-20-46(42)56(47)50-22-12-24-52-54(50)43-18-8-10-23-51(43)57-52/h1-26,28-34,38H,27H2. The number of hydrogen-bond donors (Lipinski definition) is 0. The van der Waals surface area contributed by atoms with Crippen LogP contribution in [0.25, 0.3) is 100 Å². The van der Waals surface area contributed by atoms with Crippen LogP contribution in [0.15, 0.2) is 192 Å². The van der Waals surface area contributed by atoms with Crippen LogP contribution >= 0.6 is 0 Å². The molecule has 3 nitrogen and oxygen atoms in total. The van der Waals surface area contributed by atoms with Gasteiger partial charge < -0.3 is 13.6 Å². The van der Waals surface area contributed by atoms with Crippen molar-refractivity contribution in [2.75, 3.05) is 0 Å². The van der Waals surface area contributed by atoms with Crippen molar-refractivity contribution in [3.8, 4) is 33.6 Å². The lowest BCUT2D eigenvalue weighted by Gasteiger charge is -2.16. The van der Waals surface area contributed by atoms with Crippen molar-refractivity contribution in [2.24, 2.45) is 0 Å². The van der Waals surface area contributed by atoms with Crippen LogP contribution in [-0.2, 0) is 0 Å². The molecular weight excluding hydrogens is 693 g/mol. The van der Waals surface area contributed by atoms with Crippen LogP contribution in [0.3, 0.4) is 0 Å². The van der Waals surface area contributed by atoms with Crippen LogP contribution in [0.2, 0.25) is 0 Å². The molecule has 12 rings (SSSR count). The van der Waals surface area contributed by atoms with Crippen molar-refractivity contribution in [3.63, 3.8) is 0 Å². The minimum absolute atomic E-state index is 0.221. The fraction of sp³-hybridized carbons (Fsp3) is 0.0370. The number of rotatable bonds is 5. The maximum Gasteiger partial charge on any atom is 0.137 e. The Balaban J connectivity index is 1.05. The highest BCUT2D eigenvalue weighted by Crippen LogP contribution is 2.41. The summed E-state index contributed by atoms with van der Waals surface area (Å²) in [5, 5.41) is 8.64. The molecule has 0 fully saturated rings. The van der Waals surface area contributed by atoms with Gasteiger partial charge in [0.25, 0.3) is 0 Å². The number of aromatic nitrogens is 2. The summed E-state index contributed by atoms with van der Waals surface area (Å²) in [6.45, 7) is 0. The Morgan fingerprint density at radius 1 is 0.456 bits per heavy atom. The average molecular weight is 729 g/mol. The van der Waals surface area contributed by atoms with Gasteiger partial charge in [-0.25, -0.2) is 0 Å². The van der Waals surface area contributed by atoms with Gasteiger partial charge in [-0.15, -0.1) is 0 Å². The lowest BCUT2D eigenvalue weighted by atomic mass is 9.90. The van der Waals surface area contributed by atoms with Crippen LogP contribution in [0.5, 0.6) is 0 Å². The highest BCUT2D eigenvalue weighted by Gasteiger charge is 2.22. The van der Waals surface area contributed by atoms with E-state index in [1.165, 1.54) is 71.1 Å². The van der Waals surface area contributed by atoms with Crippen molar-refractivity contribution in [3.05, 3.63) is 204 Å². The van der Waals surface area contributed by atoms with E-state index in [2.05, 4.69) is 203 Å². The largest absolute Gasteiger partial charge is 0.456 e. The lowest BCUT2D eigenvalue weighted by Crippen LogP contribution is -2.31. The zero-order valence-electron chi connectivity index (χ0n) is 31.1. The third kappa shape index (κ3) is 4.92.